The molecule has 6 nitrogen and oxygen atoms in total. The molecule has 3 aliphatic rings. The van der Waals surface area contributed by atoms with E-state index in [4.69, 9.17) is 0 Å². The average molecular weight is 650 g/mol. The number of carbonyl (C=O) groups is 2. The van der Waals surface area contributed by atoms with Crippen LogP contribution < -0.4 is 5.32 Å². The van der Waals surface area contributed by atoms with Gasteiger partial charge in [0.2, 0.25) is 11.8 Å². The van der Waals surface area contributed by atoms with Gasteiger partial charge < -0.3 is 15.3 Å². The number of thiazole rings is 1. The molecule has 0 radical (unpaired) electrons. The third-order valence-corrected chi connectivity index (χ3v) is 13.7. The third-order valence-electron chi connectivity index (χ3n) is 12.8. The summed E-state index contributed by atoms with van der Waals surface area (Å²) >= 11 is 1.63. The lowest BCUT2D eigenvalue weighted by Gasteiger charge is -2.45. The highest BCUT2D eigenvalue weighted by Gasteiger charge is 2.66. The predicted molar refractivity (Wildman–Crippen MR) is 188 cm³/mol. The standard InChI is InChI=1S/C39H59N3O3S/c1-25(27-15-17-28(18-16-27)31-26(2)40-24-46-31)41-34(44)29-23-30(43)33-37(6,7)32(35(45)42(29)33)38(8)19-12-10-11-13-21-39(9,22-14-20-38)36(3,4)5/h15-18,24-25,29-30,32-33,43H,10-14,19-23H2,1-9H3,(H,41,44)/t25-,29-,30+,32?,33?,38?,39?/m0/s1. The summed E-state index contributed by atoms with van der Waals surface area (Å²) in [7, 11) is 0. The van der Waals surface area contributed by atoms with E-state index < -0.39 is 17.6 Å². The van der Waals surface area contributed by atoms with E-state index in [0.29, 0.717) is 0 Å². The number of aryl methyl sites for hydroxylation is 1. The minimum Gasteiger partial charge on any atom is -0.391 e. The van der Waals surface area contributed by atoms with Crippen molar-refractivity contribution in [3.8, 4) is 10.4 Å². The summed E-state index contributed by atoms with van der Waals surface area (Å²) in [6, 6.07) is 7.03. The number of amides is 2. The molecule has 3 heterocycles. The van der Waals surface area contributed by atoms with Gasteiger partial charge in [0.1, 0.15) is 6.04 Å². The van der Waals surface area contributed by atoms with E-state index in [1.807, 2.05) is 24.3 Å². The highest BCUT2D eigenvalue weighted by atomic mass is 32.1. The van der Waals surface area contributed by atoms with Gasteiger partial charge in [0.15, 0.2) is 0 Å². The molecule has 1 aromatic heterocycles. The van der Waals surface area contributed by atoms with Gasteiger partial charge in [-0.2, -0.15) is 0 Å². The van der Waals surface area contributed by atoms with Crippen LogP contribution in [-0.4, -0.2) is 45.0 Å². The number of nitrogens with zero attached hydrogens (tertiary/aromatic N) is 2. The number of rotatable bonds is 5. The Morgan fingerprint density at radius 1 is 1.00 bits per heavy atom. The molecule has 254 valence electrons. The maximum absolute atomic E-state index is 14.6. The van der Waals surface area contributed by atoms with Crippen LogP contribution in [0.2, 0.25) is 0 Å². The second kappa shape index (κ2) is 13.0. The molecule has 2 saturated heterocycles. The number of carbonyl (C=O) groups excluding carboxylic acids is 2. The molecule has 1 aliphatic carbocycles. The lowest BCUT2D eigenvalue weighted by atomic mass is 9.58. The summed E-state index contributed by atoms with van der Waals surface area (Å²) in [5, 5.41) is 14.7. The lowest BCUT2D eigenvalue weighted by molar-refractivity contribution is -0.142. The van der Waals surface area contributed by atoms with Crippen molar-refractivity contribution in [3.05, 3.63) is 41.0 Å². The fourth-order valence-corrected chi connectivity index (χ4v) is 10.3. The Balaban J connectivity index is 1.34. The Kier molecular flexibility index (Phi) is 9.90. The van der Waals surface area contributed by atoms with Gasteiger partial charge in [-0.15, -0.1) is 11.3 Å². The fourth-order valence-electron chi connectivity index (χ4n) is 9.53. The highest BCUT2D eigenvalue weighted by molar-refractivity contribution is 7.13. The van der Waals surface area contributed by atoms with Crippen molar-refractivity contribution < 1.29 is 14.7 Å². The number of fused-ring (bicyclic) bond motifs is 1. The number of hydrogen-bond donors (Lipinski definition) is 2. The number of hydrogen-bond acceptors (Lipinski definition) is 5. The summed E-state index contributed by atoms with van der Waals surface area (Å²) in [6.07, 6.45) is 9.93. The molecule has 46 heavy (non-hydrogen) atoms. The van der Waals surface area contributed by atoms with E-state index in [9.17, 15) is 14.7 Å². The molecule has 2 aromatic rings. The molecule has 2 aliphatic heterocycles. The van der Waals surface area contributed by atoms with E-state index in [-0.39, 0.29) is 52.5 Å². The van der Waals surface area contributed by atoms with Gasteiger partial charge in [0.25, 0.3) is 0 Å². The lowest BCUT2D eigenvalue weighted by Crippen LogP contribution is -2.48. The molecule has 4 unspecified atom stereocenters. The van der Waals surface area contributed by atoms with Crippen LogP contribution in [0.3, 0.4) is 0 Å². The van der Waals surface area contributed by atoms with Crippen LogP contribution in [0.5, 0.6) is 0 Å². The smallest absolute Gasteiger partial charge is 0.243 e. The molecule has 1 aromatic carbocycles. The third kappa shape index (κ3) is 6.44. The monoisotopic (exact) mass is 649 g/mol. The minimum absolute atomic E-state index is 0.0691. The first-order valence-electron chi connectivity index (χ1n) is 17.8. The van der Waals surface area contributed by atoms with E-state index >= 15 is 0 Å². The first kappa shape index (κ1) is 35.1. The molecule has 2 N–H and O–H groups in total. The van der Waals surface area contributed by atoms with Crippen LogP contribution in [0.1, 0.15) is 137 Å². The highest BCUT2D eigenvalue weighted by Crippen LogP contribution is 2.58. The largest absolute Gasteiger partial charge is 0.391 e. The van der Waals surface area contributed by atoms with Crippen molar-refractivity contribution in [2.24, 2.45) is 27.6 Å². The Bertz CT molecular complexity index is 1390. The van der Waals surface area contributed by atoms with Gasteiger partial charge >= 0.3 is 0 Å². The molecular weight excluding hydrogens is 591 g/mol. The number of nitrogens with one attached hydrogen (secondary N) is 1. The maximum Gasteiger partial charge on any atom is 0.243 e. The number of aliphatic hydroxyl groups excluding tert-OH is 1. The second-order valence-corrected chi connectivity index (χ2v) is 18.0. The van der Waals surface area contributed by atoms with Gasteiger partial charge in [0.05, 0.1) is 40.2 Å². The molecule has 1 saturated carbocycles. The number of benzene rings is 1. The van der Waals surface area contributed by atoms with Gasteiger partial charge in [-0.05, 0) is 72.3 Å². The van der Waals surface area contributed by atoms with Crippen LogP contribution in [0, 0.1) is 34.5 Å². The average Bonchev–Trinajstić information content (AvgIpc) is 3.62. The van der Waals surface area contributed by atoms with Crippen molar-refractivity contribution in [2.75, 3.05) is 0 Å². The maximum atomic E-state index is 14.6. The first-order valence-corrected chi connectivity index (χ1v) is 18.7. The normalized spacial score (nSPS) is 32.9. The fraction of sp³-hybridized carbons (Fsp3) is 0.718. The zero-order valence-electron chi connectivity index (χ0n) is 29.9. The molecule has 2 amide bonds. The van der Waals surface area contributed by atoms with E-state index in [1.54, 1.807) is 11.3 Å². The van der Waals surface area contributed by atoms with Gasteiger partial charge in [-0.3, -0.25) is 9.59 Å². The Labute approximate surface area is 282 Å². The zero-order chi connectivity index (χ0) is 33.7. The predicted octanol–water partition coefficient (Wildman–Crippen LogP) is 8.87. The van der Waals surface area contributed by atoms with E-state index in [1.165, 1.54) is 25.7 Å². The van der Waals surface area contributed by atoms with Crippen molar-refractivity contribution in [1.29, 1.82) is 0 Å². The van der Waals surface area contributed by atoms with Crippen molar-refractivity contribution in [2.45, 2.75) is 151 Å². The molecule has 0 bridgehead atoms. The Morgan fingerprint density at radius 3 is 2.22 bits per heavy atom. The molecule has 7 atom stereocenters. The summed E-state index contributed by atoms with van der Waals surface area (Å²) in [5.41, 5.74) is 4.88. The second-order valence-electron chi connectivity index (χ2n) is 17.1. The molecule has 0 spiro atoms. The summed E-state index contributed by atoms with van der Waals surface area (Å²) in [6.45, 7) is 20.3. The summed E-state index contributed by atoms with van der Waals surface area (Å²) in [4.78, 5) is 35.9. The van der Waals surface area contributed by atoms with Crippen molar-refractivity contribution in [1.82, 2.24) is 15.2 Å². The molecule has 5 rings (SSSR count). The topological polar surface area (TPSA) is 82.5 Å². The zero-order valence-corrected chi connectivity index (χ0v) is 30.7. The van der Waals surface area contributed by atoms with Crippen LogP contribution in [0.25, 0.3) is 10.4 Å². The summed E-state index contributed by atoms with van der Waals surface area (Å²) < 4.78 is 0. The van der Waals surface area contributed by atoms with Crippen LogP contribution >= 0.6 is 11.3 Å². The van der Waals surface area contributed by atoms with Crippen molar-refractivity contribution in [3.63, 3.8) is 0 Å². The quantitative estimate of drug-likeness (QED) is 0.339. The van der Waals surface area contributed by atoms with Crippen LogP contribution in [0.15, 0.2) is 29.8 Å². The van der Waals surface area contributed by atoms with Gasteiger partial charge in [-0.1, -0.05) is 105 Å². The SMILES string of the molecule is Cc1ncsc1-c1ccc([C@H](C)NC(=O)[C@@H]2C[C@@H](O)C3N2C(=O)C(C2(C)CCCCCCC(C)(C(C)(C)C)CCC2)C3(C)C)cc1. The Hall–Kier alpha value is -2.25. The molecule has 7 heteroatoms. The Morgan fingerprint density at radius 2 is 1.61 bits per heavy atom. The van der Waals surface area contributed by atoms with Crippen molar-refractivity contribution >= 4 is 23.2 Å². The van der Waals surface area contributed by atoms with Gasteiger partial charge in [0, 0.05) is 6.42 Å². The number of aromatic nitrogens is 1. The van der Waals surface area contributed by atoms with E-state index in [2.05, 4.69) is 83.0 Å². The molecule has 3 fully saturated rings. The van der Waals surface area contributed by atoms with Crippen LogP contribution in [-0.2, 0) is 9.59 Å². The number of aliphatic hydroxyl groups is 1. The van der Waals surface area contributed by atoms with E-state index in [0.717, 1.165) is 53.8 Å². The molecular formula is C39H59N3O3S. The van der Waals surface area contributed by atoms with Gasteiger partial charge in [-0.25, -0.2) is 4.98 Å². The minimum atomic E-state index is -0.715. The summed E-state index contributed by atoms with van der Waals surface area (Å²) in [5.74, 6) is -0.327. The first-order chi connectivity index (χ1) is 21.5. The van der Waals surface area contributed by atoms with Crippen LogP contribution in [0.4, 0.5) is 0 Å².